The monoisotopic (exact) mass is 376 g/mol. The van der Waals surface area contributed by atoms with Gasteiger partial charge >= 0.3 is 0 Å². The number of nitrogens with zero attached hydrogens (tertiary/aromatic N) is 1. The number of carbonyl (C=O) groups is 1. The Bertz CT molecular complexity index is 1020. The molecular weight excluding hydrogens is 356 g/mol. The number of fused-ring (bicyclic) bond motifs is 1. The van der Waals surface area contributed by atoms with Gasteiger partial charge in [0.25, 0.3) is 5.91 Å². The molecule has 0 aromatic heterocycles. The zero-order valence-corrected chi connectivity index (χ0v) is 15.3. The predicted molar refractivity (Wildman–Crippen MR) is 107 cm³/mol. The smallest absolute Gasteiger partial charge is 0.262 e. The van der Waals surface area contributed by atoms with Crippen molar-refractivity contribution >= 4 is 17.3 Å². The molecule has 6 heteroatoms. The summed E-state index contributed by atoms with van der Waals surface area (Å²) in [6.45, 7) is 2.47. The molecule has 1 amide bonds. The average molecular weight is 376 g/mol. The minimum atomic E-state index is -0.638. The summed E-state index contributed by atoms with van der Waals surface area (Å²) in [4.78, 5) is 14.9. The Morgan fingerprint density at radius 2 is 1.79 bits per heavy atom. The van der Waals surface area contributed by atoms with E-state index in [2.05, 4.69) is 5.32 Å². The summed E-state index contributed by atoms with van der Waals surface area (Å²) in [5, 5.41) is 23.4. The maximum Gasteiger partial charge on any atom is 0.262 e. The van der Waals surface area contributed by atoms with E-state index in [-0.39, 0.29) is 17.4 Å². The summed E-state index contributed by atoms with van der Waals surface area (Å²) >= 11 is 0. The molecule has 142 valence electrons. The van der Waals surface area contributed by atoms with E-state index < -0.39 is 6.17 Å². The van der Waals surface area contributed by atoms with Crippen LogP contribution in [0.15, 0.2) is 66.7 Å². The largest absolute Gasteiger partial charge is 0.508 e. The molecular formula is C22H20N2O4. The third kappa shape index (κ3) is 3.09. The van der Waals surface area contributed by atoms with Crippen molar-refractivity contribution in [3.8, 4) is 17.2 Å². The third-order valence-electron chi connectivity index (χ3n) is 4.66. The van der Waals surface area contributed by atoms with Crippen LogP contribution in [-0.2, 0) is 0 Å². The second-order valence-corrected chi connectivity index (χ2v) is 6.44. The van der Waals surface area contributed by atoms with Crippen LogP contribution in [0.3, 0.4) is 0 Å². The minimum absolute atomic E-state index is 0.0450. The molecule has 0 radical (unpaired) electrons. The molecule has 1 aliphatic rings. The molecule has 1 atom stereocenters. The molecule has 0 saturated carbocycles. The van der Waals surface area contributed by atoms with Crippen molar-refractivity contribution in [2.75, 3.05) is 16.8 Å². The fourth-order valence-corrected chi connectivity index (χ4v) is 3.37. The van der Waals surface area contributed by atoms with E-state index in [1.165, 1.54) is 12.1 Å². The van der Waals surface area contributed by atoms with Gasteiger partial charge in [-0.2, -0.15) is 0 Å². The summed E-state index contributed by atoms with van der Waals surface area (Å²) in [6, 6.07) is 18.8. The topological polar surface area (TPSA) is 82.0 Å². The van der Waals surface area contributed by atoms with E-state index in [9.17, 15) is 15.0 Å². The molecule has 0 fully saturated rings. The van der Waals surface area contributed by atoms with Crippen molar-refractivity contribution in [1.29, 1.82) is 0 Å². The Morgan fingerprint density at radius 3 is 2.50 bits per heavy atom. The number of ether oxygens (including phenoxy) is 1. The van der Waals surface area contributed by atoms with E-state index in [1.54, 1.807) is 29.2 Å². The highest BCUT2D eigenvalue weighted by Gasteiger charge is 2.35. The minimum Gasteiger partial charge on any atom is -0.508 e. The Labute approximate surface area is 162 Å². The van der Waals surface area contributed by atoms with Crippen LogP contribution >= 0.6 is 0 Å². The van der Waals surface area contributed by atoms with Crippen molar-refractivity contribution in [3.05, 3.63) is 77.9 Å². The number of aromatic hydroxyl groups is 2. The van der Waals surface area contributed by atoms with Crippen LogP contribution in [0.1, 0.15) is 29.0 Å². The number of anilines is 2. The van der Waals surface area contributed by atoms with Gasteiger partial charge in [0.15, 0.2) is 0 Å². The summed E-state index contributed by atoms with van der Waals surface area (Å²) < 4.78 is 5.49. The molecule has 6 nitrogen and oxygen atoms in total. The highest BCUT2D eigenvalue weighted by molar-refractivity contribution is 6.12. The van der Waals surface area contributed by atoms with Crippen LogP contribution in [-0.4, -0.2) is 22.7 Å². The van der Waals surface area contributed by atoms with Gasteiger partial charge in [0.2, 0.25) is 0 Å². The second kappa shape index (κ2) is 7.15. The van der Waals surface area contributed by atoms with Crippen molar-refractivity contribution in [2.45, 2.75) is 13.1 Å². The first kappa shape index (κ1) is 17.7. The third-order valence-corrected chi connectivity index (χ3v) is 4.66. The van der Waals surface area contributed by atoms with Crippen LogP contribution in [0.2, 0.25) is 0 Å². The standard InChI is InChI=1S/C22H20N2O4/c1-2-28-16-10-7-14(8-11-16)24-21(18-12-9-15(25)13-20(18)26)23-19-6-4-3-5-17(19)22(24)27/h3-13,21,23,25-26H,2H2,1H3/t21-/m0/s1. The maximum atomic E-state index is 13.3. The van der Waals surface area contributed by atoms with Crippen LogP contribution in [0.5, 0.6) is 17.2 Å². The number of hydrogen-bond acceptors (Lipinski definition) is 5. The van der Waals surface area contributed by atoms with Crippen molar-refractivity contribution < 1.29 is 19.7 Å². The lowest BCUT2D eigenvalue weighted by molar-refractivity contribution is 0.0974. The molecule has 0 spiro atoms. The molecule has 4 rings (SSSR count). The average Bonchev–Trinajstić information content (AvgIpc) is 2.69. The maximum absolute atomic E-state index is 13.3. The fraction of sp³-hybridized carbons (Fsp3) is 0.136. The zero-order chi connectivity index (χ0) is 19.7. The van der Waals surface area contributed by atoms with E-state index in [4.69, 9.17) is 4.74 Å². The summed E-state index contributed by atoms with van der Waals surface area (Å²) in [5.74, 6) is 0.390. The number of phenols is 2. The first-order valence-corrected chi connectivity index (χ1v) is 9.02. The SMILES string of the molecule is CCOc1ccc(N2C(=O)c3ccccc3N[C@@H]2c2ccc(O)cc2O)cc1. The van der Waals surface area contributed by atoms with E-state index in [0.29, 0.717) is 34.9 Å². The zero-order valence-electron chi connectivity index (χ0n) is 15.3. The summed E-state index contributed by atoms with van der Waals surface area (Å²) in [5.41, 5.74) is 2.38. The molecule has 0 aliphatic carbocycles. The Balaban J connectivity index is 1.82. The summed E-state index contributed by atoms with van der Waals surface area (Å²) in [6.07, 6.45) is -0.638. The molecule has 3 N–H and O–H groups in total. The van der Waals surface area contributed by atoms with Gasteiger partial charge in [0.1, 0.15) is 23.4 Å². The number of nitrogens with one attached hydrogen (secondary N) is 1. The molecule has 3 aromatic rings. The Hall–Kier alpha value is -3.67. The number of carbonyl (C=O) groups excluding carboxylic acids is 1. The molecule has 0 unspecified atom stereocenters. The van der Waals surface area contributed by atoms with Gasteiger partial charge in [0, 0.05) is 23.0 Å². The molecule has 1 heterocycles. The fourth-order valence-electron chi connectivity index (χ4n) is 3.37. The van der Waals surface area contributed by atoms with E-state index in [1.807, 2.05) is 37.3 Å². The normalized spacial score (nSPS) is 15.7. The van der Waals surface area contributed by atoms with Crippen LogP contribution in [0, 0.1) is 0 Å². The molecule has 3 aromatic carbocycles. The van der Waals surface area contributed by atoms with Crippen LogP contribution in [0.4, 0.5) is 11.4 Å². The second-order valence-electron chi connectivity index (χ2n) is 6.44. The molecule has 0 saturated heterocycles. The van der Waals surface area contributed by atoms with Crippen molar-refractivity contribution in [2.24, 2.45) is 0 Å². The molecule has 1 aliphatic heterocycles. The van der Waals surface area contributed by atoms with Gasteiger partial charge in [0.05, 0.1) is 12.2 Å². The van der Waals surface area contributed by atoms with Gasteiger partial charge in [-0.3, -0.25) is 9.69 Å². The lowest BCUT2D eigenvalue weighted by Gasteiger charge is -2.38. The van der Waals surface area contributed by atoms with Gasteiger partial charge in [-0.25, -0.2) is 0 Å². The Kier molecular flexibility index (Phi) is 4.53. The lowest BCUT2D eigenvalue weighted by Crippen LogP contribution is -2.43. The highest BCUT2D eigenvalue weighted by atomic mass is 16.5. The van der Waals surface area contributed by atoms with Gasteiger partial charge in [-0.1, -0.05) is 12.1 Å². The lowest BCUT2D eigenvalue weighted by atomic mass is 10.0. The number of rotatable bonds is 4. The molecule has 0 bridgehead atoms. The number of para-hydroxylation sites is 1. The summed E-state index contributed by atoms with van der Waals surface area (Å²) in [7, 11) is 0. The highest BCUT2D eigenvalue weighted by Crippen LogP contribution is 2.40. The van der Waals surface area contributed by atoms with Gasteiger partial charge < -0.3 is 20.3 Å². The van der Waals surface area contributed by atoms with E-state index in [0.717, 1.165) is 0 Å². The first-order valence-electron chi connectivity index (χ1n) is 9.02. The first-order chi connectivity index (χ1) is 13.6. The van der Waals surface area contributed by atoms with Crippen LogP contribution in [0.25, 0.3) is 0 Å². The Morgan fingerprint density at radius 1 is 1.04 bits per heavy atom. The molecule has 28 heavy (non-hydrogen) atoms. The number of phenolic OH excluding ortho intramolecular Hbond substituents is 2. The quantitative estimate of drug-likeness (QED) is 0.634. The van der Waals surface area contributed by atoms with E-state index >= 15 is 0 Å². The van der Waals surface area contributed by atoms with Crippen molar-refractivity contribution in [1.82, 2.24) is 0 Å². The number of hydrogen-bond donors (Lipinski definition) is 3. The van der Waals surface area contributed by atoms with Crippen LogP contribution < -0.4 is 15.0 Å². The number of benzene rings is 3. The predicted octanol–water partition coefficient (Wildman–Crippen LogP) is 4.27. The van der Waals surface area contributed by atoms with Gasteiger partial charge in [-0.05, 0) is 55.5 Å². The van der Waals surface area contributed by atoms with Crippen molar-refractivity contribution in [3.63, 3.8) is 0 Å². The number of amides is 1. The van der Waals surface area contributed by atoms with Gasteiger partial charge in [-0.15, -0.1) is 0 Å².